The van der Waals surface area contributed by atoms with Crippen LogP contribution in [0, 0.1) is 0 Å². The fraction of sp³-hybridized carbons (Fsp3) is 0.235. The topological polar surface area (TPSA) is 84.8 Å². The number of rotatable bonds is 5. The molecule has 0 amide bonds. The highest BCUT2D eigenvalue weighted by molar-refractivity contribution is 7.94. The molecule has 0 unspecified atom stereocenters. The minimum absolute atomic E-state index is 0.233. The molecule has 1 saturated carbocycles. The van der Waals surface area contributed by atoms with Gasteiger partial charge in [0.15, 0.2) is 0 Å². The molecule has 0 aliphatic heterocycles. The number of nitrogens with zero attached hydrogens (tertiary/aromatic N) is 3. The SMILES string of the molecule is O=S(=O)(Nc1ccnc(C2CCC2)n1)c1ccc(-c2ccccn2)s1. The lowest BCUT2D eigenvalue weighted by atomic mass is 9.85. The number of anilines is 1. The molecular weight excluding hydrogens is 356 g/mol. The summed E-state index contributed by atoms with van der Waals surface area (Å²) in [6, 6.07) is 10.5. The fourth-order valence-electron chi connectivity index (χ4n) is 2.59. The smallest absolute Gasteiger partial charge is 0.263 e. The molecule has 6 nitrogen and oxygen atoms in total. The summed E-state index contributed by atoms with van der Waals surface area (Å²) in [6.45, 7) is 0. The molecule has 3 aromatic rings. The van der Waals surface area contributed by atoms with Crippen LogP contribution in [0.1, 0.15) is 31.0 Å². The highest BCUT2D eigenvalue weighted by Crippen LogP contribution is 2.35. The molecular formula is C17H16N4O2S2. The first-order valence-corrected chi connectivity index (χ1v) is 10.3. The Balaban J connectivity index is 1.57. The van der Waals surface area contributed by atoms with Crippen molar-refractivity contribution in [2.75, 3.05) is 4.72 Å². The van der Waals surface area contributed by atoms with Crippen LogP contribution in [-0.2, 0) is 10.0 Å². The van der Waals surface area contributed by atoms with Crippen LogP contribution >= 0.6 is 11.3 Å². The van der Waals surface area contributed by atoms with Gasteiger partial charge in [-0.1, -0.05) is 12.5 Å². The van der Waals surface area contributed by atoms with E-state index in [1.807, 2.05) is 18.2 Å². The predicted molar refractivity (Wildman–Crippen MR) is 97.0 cm³/mol. The minimum Gasteiger partial charge on any atom is -0.263 e. The molecule has 0 atom stereocenters. The third kappa shape index (κ3) is 3.40. The summed E-state index contributed by atoms with van der Waals surface area (Å²) >= 11 is 1.18. The third-order valence-corrected chi connectivity index (χ3v) is 7.10. The second-order valence-electron chi connectivity index (χ2n) is 5.87. The van der Waals surface area contributed by atoms with Crippen LogP contribution in [0.15, 0.2) is 53.0 Å². The van der Waals surface area contributed by atoms with Gasteiger partial charge in [-0.3, -0.25) is 9.71 Å². The van der Waals surface area contributed by atoms with Gasteiger partial charge in [-0.25, -0.2) is 18.4 Å². The molecule has 0 aromatic carbocycles. The van der Waals surface area contributed by atoms with Crippen molar-refractivity contribution < 1.29 is 8.42 Å². The van der Waals surface area contributed by atoms with E-state index >= 15 is 0 Å². The largest absolute Gasteiger partial charge is 0.272 e. The maximum absolute atomic E-state index is 12.6. The van der Waals surface area contributed by atoms with Crippen LogP contribution in [0.4, 0.5) is 5.82 Å². The van der Waals surface area contributed by atoms with Crippen LogP contribution < -0.4 is 4.72 Å². The lowest BCUT2D eigenvalue weighted by Gasteiger charge is -2.23. The second-order valence-corrected chi connectivity index (χ2v) is 8.86. The molecule has 1 aliphatic carbocycles. The zero-order valence-electron chi connectivity index (χ0n) is 13.3. The standard InChI is InChI=1S/C17H16N4O2S2/c22-25(23,16-8-7-14(24-16)13-6-1-2-10-18-13)21-15-9-11-19-17(20-15)12-4-3-5-12/h1-2,6-12H,3-5H2,(H,19,20,21). The second kappa shape index (κ2) is 6.53. The first kappa shape index (κ1) is 16.2. The monoisotopic (exact) mass is 372 g/mol. The highest BCUT2D eigenvalue weighted by atomic mass is 32.2. The van der Waals surface area contributed by atoms with Gasteiger partial charge in [0, 0.05) is 18.3 Å². The van der Waals surface area contributed by atoms with E-state index in [4.69, 9.17) is 0 Å². The number of pyridine rings is 1. The zero-order chi connectivity index (χ0) is 17.3. The van der Waals surface area contributed by atoms with E-state index < -0.39 is 10.0 Å². The Morgan fingerprint density at radius 1 is 1.04 bits per heavy atom. The Morgan fingerprint density at radius 2 is 1.92 bits per heavy atom. The molecule has 4 rings (SSSR count). The van der Waals surface area contributed by atoms with Gasteiger partial charge in [-0.05, 0) is 43.2 Å². The quantitative estimate of drug-likeness (QED) is 0.739. The van der Waals surface area contributed by atoms with E-state index in [-0.39, 0.29) is 4.21 Å². The van der Waals surface area contributed by atoms with Crippen molar-refractivity contribution in [3.05, 3.63) is 54.6 Å². The number of sulfonamides is 1. The van der Waals surface area contributed by atoms with Crippen molar-refractivity contribution in [2.45, 2.75) is 29.4 Å². The summed E-state index contributed by atoms with van der Waals surface area (Å²) in [5, 5.41) is 0. The molecule has 0 radical (unpaired) electrons. The molecule has 3 aromatic heterocycles. The van der Waals surface area contributed by atoms with Crippen molar-refractivity contribution >= 4 is 27.2 Å². The highest BCUT2D eigenvalue weighted by Gasteiger charge is 2.23. The zero-order valence-corrected chi connectivity index (χ0v) is 14.9. The number of hydrogen-bond acceptors (Lipinski definition) is 6. The summed E-state index contributed by atoms with van der Waals surface area (Å²) in [5.74, 6) is 1.37. The van der Waals surface area contributed by atoms with Gasteiger partial charge >= 0.3 is 0 Å². The van der Waals surface area contributed by atoms with Crippen molar-refractivity contribution in [3.63, 3.8) is 0 Å². The average molecular weight is 372 g/mol. The van der Waals surface area contributed by atoms with Gasteiger partial charge in [-0.15, -0.1) is 11.3 Å². The Hall–Kier alpha value is -2.32. The number of thiophene rings is 1. The minimum atomic E-state index is -3.68. The van der Waals surface area contributed by atoms with Crippen molar-refractivity contribution in [1.82, 2.24) is 15.0 Å². The Bertz CT molecular complexity index is 983. The van der Waals surface area contributed by atoms with Gasteiger partial charge in [-0.2, -0.15) is 0 Å². The summed E-state index contributed by atoms with van der Waals surface area (Å²) in [7, 11) is -3.68. The maximum atomic E-state index is 12.6. The number of hydrogen-bond donors (Lipinski definition) is 1. The van der Waals surface area contributed by atoms with Crippen molar-refractivity contribution in [3.8, 4) is 10.6 Å². The van der Waals surface area contributed by atoms with Crippen LogP contribution in [0.2, 0.25) is 0 Å². The molecule has 25 heavy (non-hydrogen) atoms. The Labute approximate surface area is 150 Å². The first-order valence-electron chi connectivity index (χ1n) is 7.99. The van der Waals surface area contributed by atoms with E-state index in [2.05, 4.69) is 19.7 Å². The molecule has 8 heteroatoms. The summed E-state index contributed by atoms with van der Waals surface area (Å²) in [4.78, 5) is 13.7. The Kier molecular flexibility index (Phi) is 4.22. The average Bonchev–Trinajstić information content (AvgIpc) is 3.05. The van der Waals surface area contributed by atoms with Crippen molar-refractivity contribution in [2.24, 2.45) is 0 Å². The fourth-order valence-corrected chi connectivity index (χ4v) is 4.88. The van der Waals surface area contributed by atoms with Gasteiger partial charge in [0.05, 0.1) is 10.6 Å². The summed E-state index contributed by atoms with van der Waals surface area (Å²) in [5.41, 5.74) is 0.753. The lowest BCUT2D eigenvalue weighted by molar-refractivity contribution is 0.402. The molecule has 1 aliphatic rings. The van der Waals surface area contributed by atoms with E-state index in [9.17, 15) is 8.42 Å². The molecule has 0 bridgehead atoms. The molecule has 1 N–H and O–H groups in total. The van der Waals surface area contributed by atoms with Crippen molar-refractivity contribution in [1.29, 1.82) is 0 Å². The molecule has 0 saturated heterocycles. The Morgan fingerprint density at radius 3 is 2.64 bits per heavy atom. The van der Waals surface area contributed by atoms with E-state index in [1.54, 1.807) is 30.6 Å². The van der Waals surface area contributed by atoms with Gasteiger partial charge < -0.3 is 0 Å². The lowest BCUT2D eigenvalue weighted by Crippen LogP contribution is -2.16. The maximum Gasteiger partial charge on any atom is 0.272 e. The van der Waals surface area contributed by atoms with E-state index in [0.29, 0.717) is 17.6 Å². The molecule has 128 valence electrons. The van der Waals surface area contributed by atoms with E-state index in [0.717, 1.165) is 23.4 Å². The summed E-state index contributed by atoms with van der Waals surface area (Å²) < 4.78 is 28.0. The summed E-state index contributed by atoms with van der Waals surface area (Å²) in [6.07, 6.45) is 6.59. The van der Waals surface area contributed by atoms with Gasteiger partial charge in [0.1, 0.15) is 15.9 Å². The van der Waals surface area contributed by atoms with Crippen LogP contribution in [0.5, 0.6) is 0 Å². The first-order chi connectivity index (χ1) is 12.1. The number of aromatic nitrogens is 3. The van der Waals surface area contributed by atoms with Gasteiger partial charge in [0.2, 0.25) is 0 Å². The molecule has 0 spiro atoms. The molecule has 3 heterocycles. The molecule has 1 fully saturated rings. The van der Waals surface area contributed by atoms with E-state index in [1.165, 1.54) is 17.8 Å². The third-order valence-electron chi connectivity index (χ3n) is 4.15. The normalized spacial score (nSPS) is 14.9. The van der Waals surface area contributed by atoms with Crippen LogP contribution in [0.25, 0.3) is 10.6 Å². The van der Waals surface area contributed by atoms with Gasteiger partial charge in [0.25, 0.3) is 10.0 Å². The van der Waals surface area contributed by atoms with Crippen LogP contribution in [-0.4, -0.2) is 23.4 Å². The predicted octanol–water partition coefficient (Wildman–Crippen LogP) is 3.67. The number of nitrogens with one attached hydrogen (secondary N) is 1. The van der Waals surface area contributed by atoms with Crippen LogP contribution in [0.3, 0.4) is 0 Å².